The summed E-state index contributed by atoms with van der Waals surface area (Å²) in [6.07, 6.45) is 0.968. The fourth-order valence-electron chi connectivity index (χ4n) is 1.94. The summed E-state index contributed by atoms with van der Waals surface area (Å²) in [5, 5.41) is 4.23. The van der Waals surface area contributed by atoms with Crippen LogP contribution in [0.15, 0.2) is 41.1 Å². The van der Waals surface area contributed by atoms with Crippen molar-refractivity contribution in [2.75, 3.05) is 25.6 Å². The number of ether oxygens (including phenoxy) is 1. The number of likely N-dealkylation sites (N-methyl/N-ethyl adjacent to an activating group) is 1. The van der Waals surface area contributed by atoms with Crippen molar-refractivity contribution >= 4 is 23.0 Å². The third-order valence-electron chi connectivity index (χ3n) is 3.04. The van der Waals surface area contributed by atoms with Crippen molar-refractivity contribution in [3.63, 3.8) is 0 Å². The molecule has 1 aromatic carbocycles. The number of nitrogens with zero attached hydrogens (tertiary/aromatic N) is 1. The summed E-state index contributed by atoms with van der Waals surface area (Å²) in [6.45, 7) is 0.866. The largest absolute Gasteiger partial charge is 0.465 e. The van der Waals surface area contributed by atoms with Crippen LogP contribution in [0, 0.1) is 0 Å². The molecule has 100 valence electrons. The van der Waals surface area contributed by atoms with Gasteiger partial charge in [-0.3, -0.25) is 0 Å². The number of carbonyl (C=O) groups is 1. The van der Waals surface area contributed by atoms with Gasteiger partial charge in [0.1, 0.15) is 0 Å². The number of para-hydroxylation sites is 1. The summed E-state index contributed by atoms with van der Waals surface area (Å²) in [5.41, 5.74) is 2.84. The highest BCUT2D eigenvalue weighted by Gasteiger charge is 2.13. The molecule has 3 nitrogen and oxygen atoms in total. The summed E-state index contributed by atoms with van der Waals surface area (Å²) in [5.74, 6) is -0.294. The second-order valence-electron chi connectivity index (χ2n) is 4.31. The van der Waals surface area contributed by atoms with E-state index in [2.05, 4.69) is 21.7 Å². The van der Waals surface area contributed by atoms with E-state index in [1.54, 1.807) is 17.4 Å². The van der Waals surface area contributed by atoms with Crippen LogP contribution in [0.3, 0.4) is 0 Å². The van der Waals surface area contributed by atoms with Crippen LogP contribution in [0.2, 0.25) is 0 Å². The van der Waals surface area contributed by atoms with E-state index in [1.165, 1.54) is 12.7 Å². The fraction of sp³-hybridized carbons (Fsp3) is 0.267. The summed E-state index contributed by atoms with van der Waals surface area (Å²) < 4.78 is 4.81. The van der Waals surface area contributed by atoms with Crippen molar-refractivity contribution in [3.8, 4) is 0 Å². The molecule has 0 amide bonds. The SMILES string of the molecule is COC(=O)c1ccccc1N(C)CCc1ccsc1. The molecule has 0 radical (unpaired) electrons. The van der Waals surface area contributed by atoms with E-state index < -0.39 is 0 Å². The van der Waals surface area contributed by atoms with Crippen molar-refractivity contribution in [3.05, 3.63) is 52.2 Å². The molecule has 1 heterocycles. The predicted molar refractivity (Wildman–Crippen MR) is 79.1 cm³/mol. The van der Waals surface area contributed by atoms with E-state index in [-0.39, 0.29) is 5.97 Å². The van der Waals surface area contributed by atoms with E-state index in [9.17, 15) is 4.79 Å². The molecule has 4 heteroatoms. The molecular formula is C15H17NO2S. The Morgan fingerprint density at radius 2 is 2.11 bits per heavy atom. The lowest BCUT2D eigenvalue weighted by atomic mass is 10.1. The summed E-state index contributed by atoms with van der Waals surface area (Å²) >= 11 is 1.71. The number of esters is 1. The zero-order valence-corrected chi connectivity index (χ0v) is 11.9. The van der Waals surface area contributed by atoms with Crippen molar-refractivity contribution in [1.82, 2.24) is 0 Å². The summed E-state index contributed by atoms with van der Waals surface area (Å²) in [4.78, 5) is 13.8. The van der Waals surface area contributed by atoms with Gasteiger partial charge in [-0.1, -0.05) is 12.1 Å². The first-order chi connectivity index (χ1) is 9.22. The third kappa shape index (κ3) is 3.35. The van der Waals surface area contributed by atoms with Gasteiger partial charge in [-0.15, -0.1) is 0 Å². The first-order valence-corrected chi connectivity index (χ1v) is 7.06. The second-order valence-corrected chi connectivity index (χ2v) is 5.09. The van der Waals surface area contributed by atoms with Gasteiger partial charge in [-0.05, 0) is 40.9 Å². The maximum Gasteiger partial charge on any atom is 0.339 e. The molecule has 0 bridgehead atoms. The lowest BCUT2D eigenvalue weighted by molar-refractivity contribution is 0.0601. The first-order valence-electron chi connectivity index (χ1n) is 6.12. The van der Waals surface area contributed by atoms with Gasteiger partial charge in [0.2, 0.25) is 0 Å². The minimum atomic E-state index is -0.294. The Morgan fingerprint density at radius 3 is 2.79 bits per heavy atom. The normalized spacial score (nSPS) is 10.2. The molecule has 2 aromatic rings. The van der Waals surface area contributed by atoms with Crippen molar-refractivity contribution in [2.45, 2.75) is 6.42 Å². The van der Waals surface area contributed by atoms with Gasteiger partial charge in [-0.2, -0.15) is 11.3 Å². The highest BCUT2D eigenvalue weighted by atomic mass is 32.1. The Hall–Kier alpha value is -1.81. The number of thiophene rings is 1. The van der Waals surface area contributed by atoms with E-state index >= 15 is 0 Å². The van der Waals surface area contributed by atoms with Crippen molar-refractivity contribution < 1.29 is 9.53 Å². The van der Waals surface area contributed by atoms with E-state index in [4.69, 9.17) is 4.74 Å². The molecule has 0 atom stereocenters. The van der Waals surface area contributed by atoms with Gasteiger partial charge in [0.25, 0.3) is 0 Å². The van der Waals surface area contributed by atoms with Gasteiger partial charge in [0.05, 0.1) is 18.4 Å². The van der Waals surface area contributed by atoms with Crippen LogP contribution in [-0.2, 0) is 11.2 Å². The Bertz CT molecular complexity index is 537. The quantitative estimate of drug-likeness (QED) is 0.785. The Labute approximate surface area is 117 Å². The highest BCUT2D eigenvalue weighted by molar-refractivity contribution is 7.07. The minimum Gasteiger partial charge on any atom is -0.465 e. The van der Waals surface area contributed by atoms with Gasteiger partial charge in [-0.25, -0.2) is 4.79 Å². The van der Waals surface area contributed by atoms with E-state index in [1.807, 2.05) is 25.2 Å². The van der Waals surface area contributed by atoms with Gasteiger partial charge in [0.15, 0.2) is 0 Å². The van der Waals surface area contributed by atoms with Crippen LogP contribution in [0.1, 0.15) is 15.9 Å². The summed E-state index contributed by atoms with van der Waals surface area (Å²) in [6, 6.07) is 9.65. The van der Waals surface area contributed by atoms with Crippen molar-refractivity contribution in [2.24, 2.45) is 0 Å². The maximum absolute atomic E-state index is 11.7. The number of anilines is 1. The maximum atomic E-state index is 11.7. The molecule has 0 fully saturated rings. The zero-order valence-electron chi connectivity index (χ0n) is 11.1. The molecule has 0 aliphatic carbocycles. The minimum absolute atomic E-state index is 0.294. The molecule has 0 unspecified atom stereocenters. The Morgan fingerprint density at radius 1 is 1.32 bits per heavy atom. The molecule has 19 heavy (non-hydrogen) atoms. The molecule has 0 N–H and O–H groups in total. The average molecular weight is 275 g/mol. The molecule has 0 spiro atoms. The molecule has 0 saturated carbocycles. The second kappa shape index (κ2) is 6.38. The molecule has 1 aromatic heterocycles. The fourth-order valence-corrected chi connectivity index (χ4v) is 2.64. The lowest BCUT2D eigenvalue weighted by Gasteiger charge is -2.21. The number of benzene rings is 1. The molecule has 0 aliphatic heterocycles. The monoisotopic (exact) mass is 275 g/mol. The Balaban J connectivity index is 2.10. The third-order valence-corrected chi connectivity index (χ3v) is 3.77. The number of hydrogen-bond donors (Lipinski definition) is 0. The molecule has 0 saturated heterocycles. The van der Waals surface area contributed by atoms with Crippen LogP contribution in [0.5, 0.6) is 0 Å². The first kappa shape index (κ1) is 13.6. The van der Waals surface area contributed by atoms with E-state index in [0.29, 0.717) is 5.56 Å². The number of carbonyl (C=O) groups excluding carboxylic acids is 1. The number of hydrogen-bond acceptors (Lipinski definition) is 4. The smallest absolute Gasteiger partial charge is 0.339 e. The Kier molecular flexibility index (Phi) is 4.58. The van der Waals surface area contributed by atoms with Crippen LogP contribution < -0.4 is 4.90 Å². The summed E-state index contributed by atoms with van der Waals surface area (Å²) in [7, 11) is 3.40. The molecule has 0 aliphatic rings. The van der Waals surface area contributed by atoms with Crippen LogP contribution >= 0.6 is 11.3 Å². The molecule has 2 rings (SSSR count). The van der Waals surface area contributed by atoms with Gasteiger partial charge < -0.3 is 9.64 Å². The standard InChI is InChI=1S/C15H17NO2S/c1-16(9-7-12-8-10-19-11-12)14-6-4-3-5-13(14)15(17)18-2/h3-6,8,10-11H,7,9H2,1-2H3. The molecular weight excluding hydrogens is 258 g/mol. The van der Waals surface area contributed by atoms with Crippen molar-refractivity contribution in [1.29, 1.82) is 0 Å². The predicted octanol–water partition coefficient (Wildman–Crippen LogP) is 3.21. The van der Waals surface area contributed by atoms with Gasteiger partial charge in [0, 0.05) is 13.6 Å². The highest BCUT2D eigenvalue weighted by Crippen LogP contribution is 2.20. The van der Waals surface area contributed by atoms with Crippen LogP contribution in [0.4, 0.5) is 5.69 Å². The van der Waals surface area contributed by atoms with Crippen LogP contribution in [0.25, 0.3) is 0 Å². The van der Waals surface area contributed by atoms with Crippen LogP contribution in [-0.4, -0.2) is 26.7 Å². The topological polar surface area (TPSA) is 29.5 Å². The average Bonchev–Trinajstić information content (AvgIpc) is 2.97. The zero-order chi connectivity index (χ0) is 13.7. The number of rotatable bonds is 5. The lowest BCUT2D eigenvalue weighted by Crippen LogP contribution is -2.22. The van der Waals surface area contributed by atoms with E-state index in [0.717, 1.165) is 18.7 Å². The number of methoxy groups -OCH3 is 1. The van der Waals surface area contributed by atoms with Gasteiger partial charge >= 0.3 is 5.97 Å².